The molecule has 1 saturated carbocycles. The first-order chi connectivity index (χ1) is 7.74. The zero-order chi connectivity index (χ0) is 11.4. The Morgan fingerprint density at radius 1 is 1.62 bits per heavy atom. The van der Waals surface area contributed by atoms with E-state index in [1.54, 1.807) is 0 Å². The number of morpholine rings is 1. The molecular formula is C11H20N2O2S. The lowest BCUT2D eigenvalue weighted by Gasteiger charge is -2.23. The van der Waals surface area contributed by atoms with E-state index >= 15 is 0 Å². The number of nitrogens with one attached hydrogen (secondary N) is 2. The Morgan fingerprint density at radius 2 is 2.44 bits per heavy atom. The first kappa shape index (κ1) is 12.2. The van der Waals surface area contributed by atoms with Gasteiger partial charge < -0.3 is 15.4 Å². The Balaban J connectivity index is 1.64. The molecule has 0 spiro atoms. The molecule has 2 fully saturated rings. The highest BCUT2D eigenvalue weighted by molar-refractivity contribution is 8.00. The summed E-state index contributed by atoms with van der Waals surface area (Å²) in [7, 11) is 0. The minimum absolute atomic E-state index is 0.0539. The van der Waals surface area contributed by atoms with Gasteiger partial charge >= 0.3 is 0 Å². The van der Waals surface area contributed by atoms with Gasteiger partial charge in [-0.3, -0.25) is 4.79 Å². The molecule has 2 rings (SSSR count). The third-order valence-electron chi connectivity index (χ3n) is 3.27. The van der Waals surface area contributed by atoms with E-state index in [4.69, 9.17) is 4.74 Å². The van der Waals surface area contributed by atoms with Gasteiger partial charge in [-0.1, -0.05) is 0 Å². The number of thioether (sulfide) groups is 1. The number of rotatable bonds is 5. The average molecular weight is 244 g/mol. The van der Waals surface area contributed by atoms with Gasteiger partial charge in [0.2, 0.25) is 5.91 Å². The molecular weight excluding hydrogens is 224 g/mol. The summed E-state index contributed by atoms with van der Waals surface area (Å²) in [6.45, 7) is 3.22. The van der Waals surface area contributed by atoms with E-state index in [-0.39, 0.29) is 12.0 Å². The number of carbonyl (C=O) groups excluding carboxylic acids is 1. The maximum Gasteiger partial charge on any atom is 0.222 e. The summed E-state index contributed by atoms with van der Waals surface area (Å²) in [5.74, 6) is 0.119. The monoisotopic (exact) mass is 244 g/mol. The predicted molar refractivity (Wildman–Crippen MR) is 65.7 cm³/mol. The topological polar surface area (TPSA) is 50.4 Å². The molecule has 1 aliphatic heterocycles. The van der Waals surface area contributed by atoms with Crippen molar-refractivity contribution in [3.8, 4) is 0 Å². The van der Waals surface area contributed by atoms with Crippen LogP contribution in [0.5, 0.6) is 0 Å². The first-order valence-corrected chi connectivity index (χ1v) is 7.11. The normalized spacial score (nSPS) is 27.4. The van der Waals surface area contributed by atoms with Crippen molar-refractivity contribution in [3.05, 3.63) is 0 Å². The van der Waals surface area contributed by atoms with Gasteiger partial charge in [0.15, 0.2) is 0 Å². The van der Waals surface area contributed by atoms with Gasteiger partial charge in [0.1, 0.15) is 0 Å². The van der Waals surface area contributed by atoms with Crippen LogP contribution < -0.4 is 10.6 Å². The summed E-state index contributed by atoms with van der Waals surface area (Å²) < 4.78 is 5.84. The van der Waals surface area contributed by atoms with E-state index in [2.05, 4.69) is 16.9 Å². The van der Waals surface area contributed by atoms with Crippen molar-refractivity contribution in [2.45, 2.75) is 30.1 Å². The second-order valence-corrected chi connectivity index (χ2v) is 5.84. The molecule has 0 aromatic heterocycles. The van der Waals surface area contributed by atoms with Gasteiger partial charge in [0.05, 0.1) is 19.1 Å². The highest BCUT2D eigenvalue weighted by Crippen LogP contribution is 2.46. The molecule has 1 unspecified atom stereocenters. The van der Waals surface area contributed by atoms with Crippen molar-refractivity contribution in [3.63, 3.8) is 0 Å². The van der Waals surface area contributed by atoms with Crippen molar-refractivity contribution in [2.75, 3.05) is 32.5 Å². The van der Waals surface area contributed by atoms with Crippen molar-refractivity contribution in [1.29, 1.82) is 0 Å². The molecule has 0 aromatic carbocycles. The molecule has 1 saturated heterocycles. The summed E-state index contributed by atoms with van der Waals surface area (Å²) in [6, 6.07) is 0. The van der Waals surface area contributed by atoms with Gasteiger partial charge in [0.25, 0.3) is 0 Å². The average Bonchev–Trinajstić information content (AvgIpc) is 3.09. The van der Waals surface area contributed by atoms with Crippen molar-refractivity contribution in [2.24, 2.45) is 0 Å². The van der Waals surface area contributed by atoms with Crippen LogP contribution in [-0.4, -0.2) is 49.3 Å². The van der Waals surface area contributed by atoms with Gasteiger partial charge in [-0.2, -0.15) is 11.8 Å². The highest BCUT2D eigenvalue weighted by Gasteiger charge is 2.41. The van der Waals surface area contributed by atoms with E-state index in [1.807, 2.05) is 11.8 Å². The fraction of sp³-hybridized carbons (Fsp3) is 0.909. The summed E-state index contributed by atoms with van der Waals surface area (Å²) in [5, 5.41) is 6.24. The molecule has 92 valence electrons. The molecule has 2 aliphatic rings. The maximum absolute atomic E-state index is 11.7. The van der Waals surface area contributed by atoms with E-state index < -0.39 is 0 Å². The molecule has 16 heavy (non-hydrogen) atoms. The quantitative estimate of drug-likeness (QED) is 0.734. The van der Waals surface area contributed by atoms with Crippen LogP contribution in [0.25, 0.3) is 0 Å². The Bertz CT molecular complexity index is 250. The second-order valence-electron chi connectivity index (χ2n) is 4.56. The zero-order valence-corrected chi connectivity index (χ0v) is 10.6. The summed E-state index contributed by atoms with van der Waals surface area (Å²) in [4.78, 5) is 11.7. The van der Waals surface area contributed by atoms with Gasteiger partial charge in [-0.15, -0.1) is 0 Å². The molecule has 4 nitrogen and oxygen atoms in total. The highest BCUT2D eigenvalue weighted by atomic mass is 32.2. The standard InChI is InChI=1S/C11H20N2O2S/c1-16-11(2-3-11)8-13-10(14)6-9-7-12-4-5-15-9/h9,12H,2-8H2,1H3,(H,13,14). The minimum Gasteiger partial charge on any atom is -0.375 e. The Morgan fingerprint density at radius 3 is 3.00 bits per heavy atom. The number of hydrogen-bond acceptors (Lipinski definition) is 4. The van der Waals surface area contributed by atoms with E-state index in [1.165, 1.54) is 12.8 Å². The molecule has 1 heterocycles. The SMILES string of the molecule is CSC1(CNC(=O)CC2CNCCO2)CC1. The van der Waals surface area contributed by atoms with Crippen molar-refractivity contribution in [1.82, 2.24) is 10.6 Å². The zero-order valence-electron chi connectivity index (χ0n) is 9.75. The largest absolute Gasteiger partial charge is 0.375 e. The van der Waals surface area contributed by atoms with Crippen LogP contribution in [0, 0.1) is 0 Å². The smallest absolute Gasteiger partial charge is 0.222 e. The third-order valence-corrected chi connectivity index (χ3v) is 4.68. The van der Waals surface area contributed by atoms with Crippen molar-refractivity contribution < 1.29 is 9.53 Å². The van der Waals surface area contributed by atoms with Crippen molar-refractivity contribution >= 4 is 17.7 Å². The third kappa shape index (κ3) is 3.37. The van der Waals surface area contributed by atoms with E-state index in [0.29, 0.717) is 17.8 Å². The molecule has 2 N–H and O–H groups in total. The van der Waals surface area contributed by atoms with Crippen LogP contribution in [0.2, 0.25) is 0 Å². The predicted octanol–water partition coefficient (Wildman–Crippen LogP) is 0.377. The molecule has 1 aliphatic carbocycles. The number of ether oxygens (including phenoxy) is 1. The Kier molecular flexibility index (Phi) is 4.10. The summed E-state index contributed by atoms with van der Waals surface area (Å²) in [6.07, 6.45) is 5.12. The molecule has 5 heteroatoms. The van der Waals surface area contributed by atoms with Crippen LogP contribution in [-0.2, 0) is 9.53 Å². The van der Waals surface area contributed by atoms with Crippen LogP contribution in [0.1, 0.15) is 19.3 Å². The van der Waals surface area contributed by atoms with E-state index in [0.717, 1.165) is 19.6 Å². The van der Waals surface area contributed by atoms with Gasteiger partial charge in [-0.05, 0) is 19.1 Å². The summed E-state index contributed by atoms with van der Waals surface area (Å²) >= 11 is 1.87. The molecule has 0 radical (unpaired) electrons. The number of carbonyl (C=O) groups is 1. The van der Waals surface area contributed by atoms with Crippen LogP contribution in [0.3, 0.4) is 0 Å². The lowest BCUT2D eigenvalue weighted by Crippen LogP contribution is -2.42. The number of hydrogen-bond donors (Lipinski definition) is 2. The first-order valence-electron chi connectivity index (χ1n) is 5.88. The summed E-state index contributed by atoms with van der Waals surface area (Å²) in [5.41, 5.74) is 0. The Labute approximate surface area is 101 Å². The van der Waals surface area contributed by atoms with Gasteiger partial charge in [0, 0.05) is 24.4 Å². The maximum atomic E-state index is 11.7. The second kappa shape index (κ2) is 5.38. The van der Waals surface area contributed by atoms with Gasteiger partial charge in [-0.25, -0.2) is 0 Å². The molecule has 0 bridgehead atoms. The van der Waals surface area contributed by atoms with Crippen LogP contribution in [0.4, 0.5) is 0 Å². The molecule has 1 atom stereocenters. The van der Waals surface area contributed by atoms with Crippen LogP contribution >= 0.6 is 11.8 Å². The number of amides is 1. The molecule has 0 aromatic rings. The lowest BCUT2D eigenvalue weighted by molar-refractivity contribution is -0.124. The fourth-order valence-corrected chi connectivity index (χ4v) is 2.61. The minimum atomic E-state index is 0.0539. The van der Waals surface area contributed by atoms with Crippen LogP contribution in [0.15, 0.2) is 0 Å². The fourth-order valence-electron chi connectivity index (χ4n) is 1.88. The lowest BCUT2D eigenvalue weighted by atomic mass is 10.2. The molecule has 1 amide bonds. The van der Waals surface area contributed by atoms with E-state index in [9.17, 15) is 4.79 Å². The Hall–Kier alpha value is -0.260.